The Morgan fingerprint density at radius 1 is 1.07 bits per heavy atom. The van der Waals surface area contributed by atoms with Crippen LogP contribution in [0.15, 0.2) is 36.4 Å². The van der Waals surface area contributed by atoms with E-state index in [9.17, 15) is 0 Å². The highest BCUT2D eigenvalue weighted by atomic mass is 16.5. The minimum atomic E-state index is 0.141. The Balaban J connectivity index is 2.59. The van der Waals surface area contributed by atoms with E-state index in [4.69, 9.17) is 16.2 Å². The Hall–Kier alpha value is -1.74. The molecule has 2 aromatic carbocycles. The Morgan fingerprint density at radius 3 is 2.36 bits per heavy atom. The molecule has 14 heavy (non-hydrogen) atoms. The number of nitrogens with two attached hydrogens (primary N) is 2. The lowest BCUT2D eigenvalue weighted by atomic mass is 10.1. The van der Waals surface area contributed by atoms with Crippen LogP contribution in [0.25, 0.3) is 10.8 Å². The van der Waals surface area contributed by atoms with Crippen LogP contribution in [0.2, 0.25) is 0 Å². The number of nitrogen functional groups attached to an aromatic ring is 1. The largest absolute Gasteiger partial charge is 0.476 e. The zero-order valence-corrected chi connectivity index (χ0v) is 7.73. The maximum Gasteiger partial charge on any atom is 0.144 e. The molecule has 3 heteroatoms. The summed E-state index contributed by atoms with van der Waals surface area (Å²) >= 11 is 0. The van der Waals surface area contributed by atoms with Crippen molar-refractivity contribution in [3.63, 3.8) is 0 Å². The van der Waals surface area contributed by atoms with Crippen LogP contribution in [-0.4, -0.2) is 6.73 Å². The molecule has 4 N–H and O–H groups in total. The topological polar surface area (TPSA) is 61.3 Å². The molecule has 2 rings (SSSR count). The third-order valence-corrected chi connectivity index (χ3v) is 2.12. The van der Waals surface area contributed by atoms with Crippen molar-refractivity contribution < 1.29 is 4.74 Å². The van der Waals surface area contributed by atoms with Gasteiger partial charge in [-0.3, -0.25) is 5.73 Å². The third kappa shape index (κ3) is 1.49. The van der Waals surface area contributed by atoms with Crippen molar-refractivity contribution >= 4 is 16.5 Å². The van der Waals surface area contributed by atoms with E-state index in [0.29, 0.717) is 11.4 Å². The summed E-state index contributed by atoms with van der Waals surface area (Å²) in [6, 6.07) is 11.8. The van der Waals surface area contributed by atoms with Gasteiger partial charge in [-0.15, -0.1) is 0 Å². The van der Waals surface area contributed by atoms with E-state index in [-0.39, 0.29) is 6.73 Å². The smallest absolute Gasteiger partial charge is 0.144 e. The predicted molar refractivity (Wildman–Crippen MR) is 58.0 cm³/mol. The zero-order valence-electron chi connectivity index (χ0n) is 7.73. The Labute approximate surface area is 82.3 Å². The van der Waals surface area contributed by atoms with Gasteiger partial charge in [0, 0.05) is 0 Å². The molecule has 0 aliphatic carbocycles. The van der Waals surface area contributed by atoms with Gasteiger partial charge in [0.25, 0.3) is 0 Å². The van der Waals surface area contributed by atoms with Crippen molar-refractivity contribution in [1.82, 2.24) is 0 Å². The minimum Gasteiger partial charge on any atom is -0.476 e. The molecular formula is C11H12N2O. The van der Waals surface area contributed by atoms with Gasteiger partial charge in [-0.2, -0.15) is 0 Å². The second-order valence-corrected chi connectivity index (χ2v) is 3.05. The van der Waals surface area contributed by atoms with Crippen LogP contribution < -0.4 is 16.2 Å². The summed E-state index contributed by atoms with van der Waals surface area (Å²) in [5.41, 5.74) is 11.7. The highest BCUT2D eigenvalue weighted by Crippen LogP contribution is 2.27. The van der Waals surface area contributed by atoms with Gasteiger partial charge in [-0.1, -0.05) is 24.3 Å². The molecule has 2 aromatic rings. The number of rotatable bonds is 2. The van der Waals surface area contributed by atoms with Crippen LogP contribution >= 0.6 is 0 Å². The average Bonchev–Trinajstić information content (AvgIpc) is 2.19. The van der Waals surface area contributed by atoms with Crippen molar-refractivity contribution in [2.24, 2.45) is 5.73 Å². The summed E-state index contributed by atoms with van der Waals surface area (Å²) in [5.74, 6) is 0.645. The lowest BCUT2D eigenvalue weighted by Crippen LogP contribution is -2.08. The highest BCUT2D eigenvalue weighted by Gasteiger charge is 2.01. The van der Waals surface area contributed by atoms with E-state index in [2.05, 4.69) is 0 Å². The Morgan fingerprint density at radius 2 is 1.71 bits per heavy atom. The van der Waals surface area contributed by atoms with Crippen molar-refractivity contribution in [3.8, 4) is 5.75 Å². The van der Waals surface area contributed by atoms with Crippen molar-refractivity contribution in [2.45, 2.75) is 0 Å². The van der Waals surface area contributed by atoms with Gasteiger partial charge >= 0.3 is 0 Å². The van der Waals surface area contributed by atoms with E-state index >= 15 is 0 Å². The summed E-state index contributed by atoms with van der Waals surface area (Å²) in [7, 11) is 0. The molecule has 0 spiro atoms. The average molecular weight is 188 g/mol. The van der Waals surface area contributed by atoms with Crippen molar-refractivity contribution in [1.29, 1.82) is 0 Å². The SMILES string of the molecule is NCOc1cc2ccccc2cc1N. The summed E-state index contributed by atoms with van der Waals surface area (Å²) in [4.78, 5) is 0. The minimum absolute atomic E-state index is 0.141. The molecular weight excluding hydrogens is 176 g/mol. The fourth-order valence-corrected chi connectivity index (χ4v) is 1.45. The van der Waals surface area contributed by atoms with Crippen LogP contribution in [-0.2, 0) is 0 Å². The molecule has 0 bridgehead atoms. The lowest BCUT2D eigenvalue weighted by molar-refractivity contribution is 0.332. The molecule has 0 atom stereocenters. The first-order chi connectivity index (χ1) is 6.81. The van der Waals surface area contributed by atoms with Gasteiger partial charge in [0.15, 0.2) is 0 Å². The van der Waals surface area contributed by atoms with E-state index in [1.807, 2.05) is 36.4 Å². The second kappa shape index (κ2) is 3.55. The van der Waals surface area contributed by atoms with Crippen LogP contribution in [0.3, 0.4) is 0 Å². The van der Waals surface area contributed by atoms with E-state index in [1.165, 1.54) is 0 Å². The number of anilines is 1. The van der Waals surface area contributed by atoms with Crippen molar-refractivity contribution in [3.05, 3.63) is 36.4 Å². The lowest BCUT2D eigenvalue weighted by Gasteiger charge is -2.07. The molecule has 3 nitrogen and oxygen atoms in total. The second-order valence-electron chi connectivity index (χ2n) is 3.05. The number of hydrogen-bond acceptors (Lipinski definition) is 3. The number of benzene rings is 2. The van der Waals surface area contributed by atoms with E-state index in [1.54, 1.807) is 0 Å². The number of fused-ring (bicyclic) bond motifs is 1. The molecule has 0 aliphatic heterocycles. The molecule has 0 aliphatic rings. The van der Waals surface area contributed by atoms with Crippen molar-refractivity contribution in [2.75, 3.05) is 12.5 Å². The first-order valence-electron chi connectivity index (χ1n) is 4.42. The van der Waals surface area contributed by atoms with Crippen LogP contribution in [0.5, 0.6) is 5.75 Å². The number of ether oxygens (including phenoxy) is 1. The quantitative estimate of drug-likeness (QED) is 0.557. The maximum absolute atomic E-state index is 5.79. The van der Waals surface area contributed by atoms with E-state index < -0.39 is 0 Å². The van der Waals surface area contributed by atoms with Gasteiger partial charge in [0.1, 0.15) is 12.5 Å². The Kier molecular flexibility index (Phi) is 2.24. The fraction of sp³-hybridized carbons (Fsp3) is 0.0909. The molecule has 0 aromatic heterocycles. The van der Waals surface area contributed by atoms with Gasteiger partial charge in [-0.25, -0.2) is 0 Å². The van der Waals surface area contributed by atoms with Crippen LogP contribution in [0.1, 0.15) is 0 Å². The first kappa shape index (κ1) is 8.84. The molecule has 0 saturated carbocycles. The summed E-state index contributed by atoms with van der Waals surface area (Å²) in [6.07, 6.45) is 0. The predicted octanol–water partition coefficient (Wildman–Crippen LogP) is 1.72. The fourth-order valence-electron chi connectivity index (χ4n) is 1.45. The van der Waals surface area contributed by atoms with Gasteiger partial charge in [0.2, 0.25) is 0 Å². The van der Waals surface area contributed by atoms with Gasteiger partial charge < -0.3 is 10.5 Å². The molecule has 0 unspecified atom stereocenters. The molecule has 0 saturated heterocycles. The van der Waals surface area contributed by atoms with Crippen LogP contribution in [0.4, 0.5) is 5.69 Å². The third-order valence-electron chi connectivity index (χ3n) is 2.12. The van der Waals surface area contributed by atoms with E-state index in [0.717, 1.165) is 10.8 Å². The normalized spacial score (nSPS) is 10.4. The monoisotopic (exact) mass is 188 g/mol. The summed E-state index contributed by atoms with van der Waals surface area (Å²) in [5, 5.41) is 2.21. The Bertz CT molecular complexity index is 454. The summed E-state index contributed by atoms with van der Waals surface area (Å²) < 4.78 is 5.20. The van der Waals surface area contributed by atoms with Gasteiger partial charge in [0.05, 0.1) is 5.69 Å². The van der Waals surface area contributed by atoms with Gasteiger partial charge in [-0.05, 0) is 22.9 Å². The highest BCUT2D eigenvalue weighted by molar-refractivity contribution is 5.88. The molecule has 0 amide bonds. The maximum atomic E-state index is 5.79. The molecule has 0 radical (unpaired) electrons. The zero-order chi connectivity index (χ0) is 9.97. The summed E-state index contributed by atoms with van der Waals surface area (Å²) in [6.45, 7) is 0.141. The number of hydrogen-bond donors (Lipinski definition) is 2. The first-order valence-corrected chi connectivity index (χ1v) is 4.42. The van der Waals surface area contributed by atoms with Crippen LogP contribution in [0, 0.1) is 0 Å². The molecule has 0 heterocycles. The molecule has 0 fully saturated rings. The molecule has 72 valence electrons. The standard InChI is InChI=1S/C11H12N2O/c12-7-14-11-6-9-4-2-1-3-8(9)5-10(11)13/h1-6H,7,12-13H2.